The molecular formula is C12H16BrN3O. The molecule has 0 bridgehead atoms. The molecule has 0 spiro atoms. The van der Waals surface area contributed by atoms with Gasteiger partial charge in [-0.1, -0.05) is 0 Å². The van der Waals surface area contributed by atoms with Crippen LogP contribution in [0.1, 0.15) is 25.3 Å². The van der Waals surface area contributed by atoms with E-state index in [2.05, 4.69) is 31.5 Å². The zero-order valence-electron chi connectivity index (χ0n) is 10.0. The van der Waals surface area contributed by atoms with Crippen molar-refractivity contribution >= 4 is 27.7 Å². The molecule has 1 aliphatic heterocycles. The Bertz CT molecular complexity index is 441. The topological polar surface area (TPSA) is 54.0 Å². The van der Waals surface area contributed by atoms with Crippen LogP contribution in [-0.4, -0.2) is 23.0 Å². The maximum Gasteiger partial charge on any atom is 0.245 e. The molecule has 0 aromatic carbocycles. The van der Waals surface area contributed by atoms with Crippen molar-refractivity contribution in [3.63, 3.8) is 0 Å². The number of nitrogens with zero attached hydrogens (tertiary/aromatic N) is 1. The van der Waals surface area contributed by atoms with Crippen LogP contribution in [0.5, 0.6) is 0 Å². The van der Waals surface area contributed by atoms with Gasteiger partial charge < -0.3 is 10.6 Å². The van der Waals surface area contributed by atoms with Gasteiger partial charge in [-0.2, -0.15) is 0 Å². The van der Waals surface area contributed by atoms with Crippen LogP contribution in [0.25, 0.3) is 0 Å². The number of hydrogen-bond acceptors (Lipinski definition) is 3. The number of anilines is 1. The smallest absolute Gasteiger partial charge is 0.245 e. The summed E-state index contributed by atoms with van der Waals surface area (Å²) in [7, 11) is 0. The highest BCUT2D eigenvalue weighted by Gasteiger charge is 2.36. The number of carbonyl (C=O) groups excluding carboxylic acids is 1. The minimum atomic E-state index is -0.457. The molecular weight excluding hydrogens is 282 g/mol. The SMILES string of the molecule is Cc1cc(Br)cnc1NC(=O)C1(C)CCCN1. The molecule has 2 heterocycles. The third kappa shape index (κ3) is 2.66. The number of hydrogen-bond donors (Lipinski definition) is 2. The fourth-order valence-corrected chi connectivity index (χ4v) is 2.45. The van der Waals surface area contributed by atoms with Crippen molar-refractivity contribution in [2.75, 3.05) is 11.9 Å². The minimum Gasteiger partial charge on any atom is -0.309 e. The maximum atomic E-state index is 12.1. The van der Waals surface area contributed by atoms with Crippen LogP contribution in [0.4, 0.5) is 5.82 Å². The number of nitrogens with one attached hydrogen (secondary N) is 2. The van der Waals surface area contributed by atoms with Gasteiger partial charge in [-0.25, -0.2) is 4.98 Å². The summed E-state index contributed by atoms with van der Waals surface area (Å²) in [6.45, 7) is 4.76. The van der Waals surface area contributed by atoms with Crippen LogP contribution in [0, 0.1) is 6.92 Å². The van der Waals surface area contributed by atoms with Gasteiger partial charge in [0.1, 0.15) is 5.82 Å². The van der Waals surface area contributed by atoms with E-state index in [0.29, 0.717) is 5.82 Å². The number of amides is 1. The van der Waals surface area contributed by atoms with Crippen molar-refractivity contribution in [1.82, 2.24) is 10.3 Å². The van der Waals surface area contributed by atoms with Crippen LogP contribution >= 0.6 is 15.9 Å². The van der Waals surface area contributed by atoms with Gasteiger partial charge in [-0.05, 0) is 60.8 Å². The van der Waals surface area contributed by atoms with Crippen molar-refractivity contribution in [3.05, 3.63) is 22.3 Å². The number of rotatable bonds is 2. The first kappa shape index (κ1) is 12.5. The Kier molecular flexibility index (Phi) is 3.49. The number of aromatic nitrogens is 1. The molecule has 0 saturated carbocycles. The standard InChI is InChI=1S/C12H16BrN3O/c1-8-6-9(13)7-14-10(8)16-11(17)12(2)4-3-5-15-12/h6-7,15H,3-5H2,1-2H3,(H,14,16,17). The van der Waals surface area contributed by atoms with Crippen LogP contribution in [0.3, 0.4) is 0 Å². The summed E-state index contributed by atoms with van der Waals surface area (Å²) < 4.78 is 0.915. The Balaban J connectivity index is 2.13. The van der Waals surface area contributed by atoms with Crippen LogP contribution in [-0.2, 0) is 4.79 Å². The van der Waals surface area contributed by atoms with E-state index in [1.54, 1.807) is 6.20 Å². The molecule has 2 rings (SSSR count). The van der Waals surface area contributed by atoms with E-state index in [1.165, 1.54) is 0 Å². The highest BCUT2D eigenvalue weighted by molar-refractivity contribution is 9.10. The first-order valence-electron chi connectivity index (χ1n) is 5.70. The predicted molar refractivity (Wildman–Crippen MR) is 70.9 cm³/mol. The van der Waals surface area contributed by atoms with E-state index >= 15 is 0 Å². The lowest BCUT2D eigenvalue weighted by Crippen LogP contribution is -2.48. The molecule has 1 fully saturated rings. The Morgan fingerprint density at radius 2 is 2.41 bits per heavy atom. The van der Waals surface area contributed by atoms with Gasteiger partial charge in [0.25, 0.3) is 0 Å². The van der Waals surface area contributed by atoms with Crippen molar-refractivity contribution in [3.8, 4) is 0 Å². The molecule has 1 unspecified atom stereocenters. The normalized spacial score (nSPS) is 23.7. The van der Waals surface area contributed by atoms with Gasteiger partial charge in [0.05, 0.1) is 5.54 Å². The molecule has 1 atom stereocenters. The van der Waals surface area contributed by atoms with E-state index in [4.69, 9.17) is 0 Å². The second-order valence-electron chi connectivity index (χ2n) is 4.64. The minimum absolute atomic E-state index is 0.00655. The summed E-state index contributed by atoms with van der Waals surface area (Å²) in [5, 5.41) is 6.12. The molecule has 5 heteroatoms. The average Bonchev–Trinajstić information content (AvgIpc) is 2.71. The molecule has 92 valence electrons. The van der Waals surface area contributed by atoms with Crippen molar-refractivity contribution in [2.24, 2.45) is 0 Å². The highest BCUT2D eigenvalue weighted by Crippen LogP contribution is 2.22. The largest absolute Gasteiger partial charge is 0.309 e. The van der Waals surface area contributed by atoms with Crippen molar-refractivity contribution in [2.45, 2.75) is 32.2 Å². The molecule has 1 amide bonds. The fraction of sp³-hybridized carbons (Fsp3) is 0.500. The van der Waals surface area contributed by atoms with E-state index in [1.807, 2.05) is 19.9 Å². The number of aryl methyl sites for hydroxylation is 1. The second-order valence-corrected chi connectivity index (χ2v) is 5.55. The summed E-state index contributed by atoms with van der Waals surface area (Å²) in [6.07, 6.45) is 3.60. The lowest BCUT2D eigenvalue weighted by molar-refractivity contribution is -0.121. The van der Waals surface area contributed by atoms with Gasteiger partial charge >= 0.3 is 0 Å². The number of carbonyl (C=O) groups is 1. The van der Waals surface area contributed by atoms with Crippen molar-refractivity contribution in [1.29, 1.82) is 0 Å². The Hall–Kier alpha value is -0.940. The van der Waals surface area contributed by atoms with E-state index < -0.39 is 5.54 Å². The summed E-state index contributed by atoms with van der Waals surface area (Å²) in [6, 6.07) is 1.94. The van der Waals surface area contributed by atoms with E-state index in [9.17, 15) is 4.79 Å². The quantitative estimate of drug-likeness (QED) is 0.880. The molecule has 17 heavy (non-hydrogen) atoms. The number of halogens is 1. The molecule has 1 saturated heterocycles. The van der Waals surface area contributed by atoms with Crippen LogP contribution in [0.15, 0.2) is 16.7 Å². The van der Waals surface area contributed by atoms with Gasteiger partial charge in [0.2, 0.25) is 5.91 Å². The fourth-order valence-electron chi connectivity index (χ4n) is 2.01. The predicted octanol–water partition coefficient (Wildman–Crippen LogP) is 2.23. The number of pyridine rings is 1. The highest BCUT2D eigenvalue weighted by atomic mass is 79.9. The molecule has 1 aromatic heterocycles. The lowest BCUT2D eigenvalue weighted by atomic mass is 9.99. The molecule has 0 aliphatic carbocycles. The molecule has 2 N–H and O–H groups in total. The third-order valence-electron chi connectivity index (χ3n) is 3.15. The van der Waals surface area contributed by atoms with Gasteiger partial charge in [-0.15, -0.1) is 0 Å². The first-order chi connectivity index (χ1) is 8.01. The molecule has 0 radical (unpaired) electrons. The van der Waals surface area contributed by atoms with E-state index in [0.717, 1.165) is 29.4 Å². The Morgan fingerprint density at radius 3 is 3.00 bits per heavy atom. The lowest BCUT2D eigenvalue weighted by Gasteiger charge is -2.23. The van der Waals surface area contributed by atoms with Crippen molar-refractivity contribution < 1.29 is 4.79 Å². The summed E-state index contributed by atoms with van der Waals surface area (Å²) in [5.74, 6) is 0.626. The zero-order valence-corrected chi connectivity index (χ0v) is 11.6. The van der Waals surface area contributed by atoms with Crippen LogP contribution < -0.4 is 10.6 Å². The monoisotopic (exact) mass is 297 g/mol. The summed E-state index contributed by atoms with van der Waals surface area (Å²) in [4.78, 5) is 16.4. The average molecular weight is 298 g/mol. The summed E-state index contributed by atoms with van der Waals surface area (Å²) >= 11 is 3.35. The molecule has 1 aliphatic rings. The third-order valence-corrected chi connectivity index (χ3v) is 3.58. The first-order valence-corrected chi connectivity index (χ1v) is 6.49. The summed E-state index contributed by atoms with van der Waals surface area (Å²) in [5.41, 5.74) is 0.496. The van der Waals surface area contributed by atoms with Gasteiger partial charge in [-0.3, -0.25) is 4.79 Å². The maximum absolute atomic E-state index is 12.1. The van der Waals surface area contributed by atoms with Gasteiger partial charge in [0.15, 0.2) is 0 Å². The Morgan fingerprint density at radius 1 is 1.65 bits per heavy atom. The van der Waals surface area contributed by atoms with E-state index in [-0.39, 0.29) is 5.91 Å². The zero-order chi connectivity index (χ0) is 12.5. The Labute approximate surface area is 109 Å². The second kappa shape index (κ2) is 4.74. The molecule has 1 aromatic rings. The van der Waals surface area contributed by atoms with Crippen LogP contribution in [0.2, 0.25) is 0 Å². The van der Waals surface area contributed by atoms with Gasteiger partial charge in [0, 0.05) is 10.7 Å². The molecule has 4 nitrogen and oxygen atoms in total.